The first-order valence-electron chi connectivity index (χ1n) is 11.6. The van der Waals surface area contributed by atoms with Crippen LogP contribution in [0.4, 0.5) is 0 Å². The van der Waals surface area contributed by atoms with E-state index in [1.807, 2.05) is 49.4 Å². The van der Waals surface area contributed by atoms with Crippen molar-refractivity contribution in [2.75, 3.05) is 13.3 Å². The number of rotatable bonds is 7. The van der Waals surface area contributed by atoms with E-state index in [1.54, 1.807) is 35.9 Å². The van der Waals surface area contributed by atoms with Gasteiger partial charge in [-0.15, -0.1) is 0 Å². The molecule has 4 rings (SSSR count). The average molecular weight is 540 g/mol. The highest BCUT2D eigenvalue weighted by molar-refractivity contribution is 6.90. The van der Waals surface area contributed by atoms with E-state index in [2.05, 4.69) is 18.4 Å². The Morgan fingerprint density at radius 1 is 0.944 bits per heavy atom. The molecule has 36 heavy (non-hydrogen) atoms. The monoisotopic (exact) mass is 538 g/mol. The molecule has 3 aromatic carbocycles. The Hall–Kier alpha value is -3.06. The summed E-state index contributed by atoms with van der Waals surface area (Å²) in [7, 11) is -0.310. The molecule has 0 aliphatic heterocycles. The Kier molecular flexibility index (Phi) is 7.59. The van der Waals surface area contributed by atoms with Crippen LogP contribution in [0, 0.1) is 6.92 Å². The second-order valence-corrected chi connectivity index (χ2v) is 15.0. The molecule has 5 nitrogen and oxygen atoms in total. The quantitative estimate of drug-likeness (QED) is 0.304. The van der Waals surface area contributed by atoms with Crippen molar-refractivity contribution < 1.29 is 14.3 Å². The normalized spacial score (nSPS) is 11.5. The smallest absolute Gasteiger partial charge is 0.262 e. The Labute approximate surface area is 222 Å². The number of nitrogens with zero attached hydrogens (tertiary/aromatic N) is 1. The number of methoxy groups -OCH3 is 1. The largest absolute Gasteiger partial charge is 0.497 e. The van der Waals surface area contributed by atoms with E-state index < -0.39 is 8.07 Å². The van der Waals surface area contributed by atoms with Crippen LogP contribution in [0.5, 0.6) is 5.75 Å². The van der Waals surface area contributed by atoms with E-state index in [-0.39, 0.29) is 18.2 Å². The van der Waals surface area contributed by atoms with Crippen LogP contribution in [-0.2, 0) is 11.2 Å². The van der Waals surface area contributed by atoms with Crippen LogP contribution in [0.3, 0.4) is 0 Å². The summed E-state index contributed by atoms with van der Waals surface area (Å²) in [5.41, 5.74) is 2.77. The fraction of sp³-hybridized carbons (Fsp3) is 0.214. The van der Waals surface area contributed by atoms with Gasteiger partial charge < -0.3 is 10.1 Å². The molecule has 1 N–H and O–H groups in total. The molecule has 0 unspecified atom stereocenters. The first-order valence-corrected chi connectivity index (χ1v) is 15.6. The second-order valence-electron chi connectivity index (χ2n) is 9.44. The molecule has 0 saturated heterocycles. The molecule has 186 valence electrons. The van der Waals surface area contributed by atoms with Crippen molar-refractivity contribution in [2.24, 2.45) is 0 Å². The fourth-order valence-electron chi connectivity index (χ4n) is 4.34. The molecule has 0 saturated carbocycles. The Bertz CT molecular complexity index is 1430. The van der Waals surface area contributed by atoms with E-state index in [9.17, 15) is 9.59 Å². The molecule has 8 heteroatoms. The van der Waals surface area contributed by atoms with Crippen LogP contribution in [0.25, 0.3) is 10.9 Å². The third-order valence-corrected chi connectivity index (χ3v) is 9.99. The summed E-state index contributed by atoms with van der Waals surface area (Å²) >= 11 is 12.1. The van der Waals surface area contributed by atoms with Gasteiger partial charge in [-0.05, 0) is 67.1 Å². The third-order valence-electron chi connectivity index (χ3n) is 6.53. The minimum absolute atomic E-state index is 0.0894. The molecule has 1 heterocycles. The lowest BCUT2D eigenvalue weighted by Crippen LogP contribution is -2.52. The van der Waals surface area contributed by atoms with Crippen LogP contribution in [0.15, 0.2) is 66.7 Å². The van der Waals surface area contributed by atoms with Crippen molar-refractivity contribution >= 4 is 59.2 Å². The van der Waals surface area contributed by atoms with Crippen molar-refractivity contribution in [3.05, 3.63) is 93.6 Å². The van der Waals surface area contributed by atoms with E-state index in [0.717, 1.165) is 22.2 Å². The lowest BCUT2D eigenvalue weighted by atomic mass is 10.1. The molecule has 0 aliphatic rings. The molecular formula is C28H28Cl2N2O3Si. The maximum absolute atomic E-state index is 13.5. The summed E-state index contributed by atoms with van der Waals surface area (Å²) in [4.78, 5) is 26.6. The van der Waals surface area contributed by atoms with Crippen LogP contribution in [0.1, 0.15) is 21.6 Å². The lowest BCUT2D eigenvalue weighted by molar-refractivity contribution is -0.120. The number of carbonyl (C=O) groups is 2. The zero-order chi connectivity index (χ0) is 26.0. The molecular weight excluding hydrogens is 511 g/mol. The first-order chi connectivity index (χ1) is 17.1. The highest BCUT2D eigenvalue weighted by Gasteiger charge is 2.26. The maximum Gasteiger partial charge on any atom is 0.262 e. The van der Waals surface area contributed by atoms with Gasteiger partial charge in [0.1, 0.15) is 13.8 Å². The zero-order valence-electron chi connectivity index (χ0n) is 20.7. The number of aromatic nitrogens is 1. The standard InChI is InChI=1S/C28H28Cl2N2O3Si/c1-18-24(16-27(33)31-17-36(3,4)23-12-9-21(30)10-13-23)25-15-22(35-2)11-14-26(25)32(18)28(34)19-5-7-20(29)8-6-19/h5-15H,16-17H2,1-4H3,(H,31,33). The molecule has 0 radical (unpaired) electrons. The van der Waals surface area contributed by atoms with Crippen LogP contribution < -0.4 is 15.2 Å². The number of carbonyl (C=O) groups excluding carboxylic acids is 2. The molecule has 1 aromatic heterocycles. The van der Waals surface area contributed by atoms with Gasteiger partial charge in [-0.25, -0.2) is 0 Å². The van der Waals surface area contributed by atoms with Crippen molar-refractivity contribution in [3.63, 3.8) is 0 Å². The van der Waals surface area contributed by atoms with Gasteiger partial charge >= 0.3 is 0 Å². The van der Waals surface area contributed by atoms with E-state index >= 15 is 0 Å². The van der Waals surface area contributed by atoms with Gasteiger partial charge in [0.05, 0.1) is 19.0 Å². The van der Waals surface area contributed by atoms with Crippen molar-refractivity contribution in [1.29, 1.82) is 0 Å². The first kappa shape index (κ1) is 26.0. The summed E-state index contributed by atoms with van der Waals surface area (Å²) in [6.07, 6.45) is 0.750. The van der Waals surface area contributed by atoms with Crippen molar-refractivity contribution in [3.8, 4) is 5.75 Å². The summed E-state index contributed by atoms with van der Waals surface area (Å²) in [6.45, 7) is 6.29. The van der Waals surface area contributed by atoms with Gasteiger partial charge in [0, 0.05) is 32.9 Å². The van der Waals surface area contributed by atoms with Crippen LogP contribution in [-0.4, -0.2) is 37.7 Å². The highest BCUT2D eigenvalue weighted by atomic mass is 35.5. The topological polar surface area (TPSA) is 60.3 Å². The molecule has 0 bridgehead atoms. The fourth-order valence-corrected chi connectivity index (χ4v) is 6.51. The van der Waals surface area contributed by atoms with E-state index in [4.69, 9.17) is 27.9 Å². The van der Waals surface area contributed by atoms with Crippen molar-refractivity contribution in [1.82, 2.24) is 9.88 Å². The highest BCUT2D eigenvalue weighted by Crippen LogP contribution is 2.31. The van der Waals surface area contributed by atoms with E-state index in [0.29, 0.717) is 27.5 Å². The van der Waals surface area contributed by atoms with Crippen molar-refractivity contribution in [2.45, 2.75) is 26.4 Å². The third kappa shape index (κ3) is 5.36. The average Bonchev–Trinajstić information content (AvgIpc) is 3.13. The summed E-state index contributed by atoms with van der Waals surface area (Å²) in [5, 5.41) is 6.43. The van der Waals surface area contributed by atoms with E-state index in [1.165, 1.54) is 5.19 Å². The minimum Gasteiger partial charge on any atom is -0.497 e. The lowest BCUT2D eigenvalue weighted by Gasteiger charge is -2.23. The zero-order valence-corrected chi connectivity index (χ0v) is 23.2. The van der Waals surface area contributed by atoms with Crippen LogP contribution in [0.2, 0.25) is 23.1 Å². The van der Waals surface area contributed by atoms with Gasteiger partial charge in [0.2, 0.25) is 5.91 Å². The van der Waals surface area contributed by atoms with Gasteiger partial charge in [-0.1, -0.05) is 53.6 Å². The predicted molar refractivity (Wildman–Crippen MR) is 150 cm³/mol. The number of halogens is 2. The number of nitrogens with one attached hydrogen (secondary N) is 1. The number of hydrogen-bond donors (Lipinski definition) is 1. The SMILES string of the molecule is COc1ccc2c(c1)c(CC(=O)NC[Si](C)(C)c1ccc(Cl)cc1)c(C)n2C(=O)c1ccc(Cl)cc1. The second kappa shape index (κ2) is 10.5. The number of benzene rings is 3. The Balaban J connectivity index is 1.63. The number of fused-ring (bicyclic) bond motifs is 1. The Morgan fingerprint density at radius 3 is 2.17 bits per heavy atom. The molecule has 0 fully saturated rings. The maximum atomic E-state index is 13.5. The van der Waals surface area contributed by atoms with Gasteiger partial charge in [-0.2, -0.15) is 0 Å². The molecule has 0 aliphatic carbocycles. The number of hydrogen-bond acceptors (Lipinski definition) is 3. The Morgan fingerprint density at radius 2 is 1.56 bits per heavy atom. The molecule has 0 atom stereocenters. The number of ether oxygens (including phenoxy) is 1. The summed E-state index contributed by atoms with van der Waals surface area (Å²) < 4.78 is 7.09. The molecule has 1 amide bonds. The van der Waals surface area contributed by atoms with Gasteiger partial charge in [0.25, 0.3) is 5.91 Å². The molecule has 0 spiro atoms. The summed E-state index contributed by atoms with van der Waals surface area (Å²) in [6, 6.07) is 20.2. The van der Waals surface area contributed by atoms with Gasteiger partial charge in [-0.3, -0.25) is 14.2 Å². The predicted octanol–water partition coefficient (Wildman–Crippen LogP) is 5.77. The number of amides is 1. The minimum atomic E-state index is -1.91. The summed E-state index contributed by atoms with van der Waals surface area (Å²) in [5.74, 6) is 0.396. The van der Waals surface area contributed by atoms with Crippen LogP contribution >= 0.6 is 23.2 Å². The molecule has 4 aromatic rings. The van der Waals surface area contributed by atoms with Gasteiger partial charge in [0.15, 0.2) is 0 Å².